The van der Waals surface area contributed by atoms with E-state index in [0.29, 0.717) is 18.1 Å². The van der Waals surface area contributed by atoms with Crippen LogP contribution in [0.1, 0.15) is 38.7 Å². The number of hydrogen-bond acceptors (Lipinski definition) is 4. The first-order chi connectivity index (χ1) is 9.47. The van der Waals surface area contributed by atoms with Gasteiger partial charge in [0.05, 0.1) is 6.10 Å². The van der Waals surface area contributed by atoms with Gasteiger partial charge in [-0.3, -0.25) is 0 Å². The molecule has 0 bridgehead atoms. The van der Waals surface area contributed by atoms with Crippen LogP contribution in [0.15, 0.2) is 24.3 Å². The Morgan fingerprint density at radius 2 is 2.00 bits per heavy atom. The molecule has 4 heteroatoms. The molecule has 2 rings (SSSR count). The molecule has 1 heterocycles. The number of aliphatic hydroxyl groups excluding tert-OH is 1. The minimum Gasteiger partial charge on any atom is -0.490 e. The molecule has 0 saturated heterocycles. The third-order valence-electron chi connectivity index (χ3n) is 3.14. The van der Waals surface area contributed by atoms with E-state index in [1.165, 1.54) is 0 Å². The van der Waals surface area contributed by atoms with Gasteiger partial charge in [0, 0.05) is 11.6 Å². The fraction of sp³-hybridized carbons (Fsp3) is 0.500. The molecule has 1 aromatic rings. The van der Waals surface area contributed by atoms with Crippen molar-refractivity contribution >= 4 is 0 Å². The van der Waals surface area contributed by atoms with Gasteiger partial charge < -0.3 is 19.3 Å². The topological polar surface area (TPSA) is 47.9 Å². The Bertz CT molecular complexity index is 493. The lowest BCUT2D eigenvalue weighted by molar-refractivity contribution is 0.107. The zero-order chi connectivity index (χ0) is 14.7. The maximum Gasteiger partial charge on any atom is 0.231 e. The van der Waals surface area contributed by atoms with E-state index >= 15 is 0 Å². The molecule has 1 atom stereocenters. The van der Waals surface area contributed by atoms with Crippen LogP contribution < -0.4 is 14.2 Å². The van der Waals surface area contributed by atoms with Crippen LogP contribution >= 0.6 is 0 Å². The first kappa shape index (κ1) is 14.7. The Labute approximate surface area is 120 Å². The van der Waals surface area contributed by atoms with Crippen LogP contribution in [-0.4, -0.2) is 24.6 Å². The van der Waals surface area contributed by atoms with Crippen LogP contribution in [0.25, 0.3) is 0 Å². The van der Waals surface area contributed by atoms with Gasteiger partial charge >= 0.3 is 0 Å². The number of rotatable bonds is 6. The highest BCUT2D eigenvalue weighted by Gasteiger charge is 2.20. The highest BCUT2D eigenvalue weighted by atomic mass is 16.7. The summed E-state index contributed by atoms with van der Waals surface area (Å²) in [5.74, 6) is 2.49. The van der Waals surface area contributed by atoms with E-state index in [1.807, 2.05) is 19.1 Å². The van der Waals surface area contributed by atoms with Gasteiger partial charge in [-0.15, -0.1) is 6.58 Å². The average molecular weight is 278 g/mol. The van der Waals surface area contributed by atoms with Crippen LogP contribution in [0.4, 0.5) is 0 Å². The molecular weight excluding hydrogens is 256 g/mol. The molecule has 4 nitrogen and oxygen atoms in total. The van der Waals surface area contributed by atoms with E-state index in [-0.39, 0.29) is 13.4 Å². The minimum absolute atomic E-state index is 0.242. The summed E-state index contributed by atoms with van der Waals surface area (Å²) in [5.41, 5.74) is 1.99. The zero-order valence-corrected chi connectivity index (χ0v) is 12.3. The Morgan fingerprint density at radius 1 is 1.35 bits per heavy atom. The lowest BCUT2D eigenvalue weighted by Gasteiger charge is -2.17. The maximum absolute atomic E-state index is 9.86. The summed E-state index contributed by atoms with van der Waals surface area (Å²) < 4.78 is 16.5. The summed E-state index contributed by atoms with van der Waals surface area (Å²) in [6.07, 6.45) is -0.000361. The number of benzene rings is 1. The summed E-state index contributed by atoms with van der Waals surface area (Å²) >= 11 is 0. The summed E-state index contributed by atoms with van der Waals surface area (Å²) in [7, 11) is 0. The standard InChI is InChI=1S/C16H22O4/c1-10(2)5-12(17)8-18-14-7-16-15(19-9-20-16)6-13(14)11(3)4/h6-7,11-12,17H,1,5,8-9H2,2-4H3/t12-/m1/s1. The normalized spacial score (nSPS) is 14.4. The van der Waals surface area contributed by atoms with E-state index in [1.54, 1.807) is 0 Å². The van der Waals surface area contributed by atoms with Crippen LogP contribution in [-0.2, 0) is 0 Å². The number of aliphatic hydroxyl groups is 1. The molecule has 0 aromatic heterocycles. The van der Waals surface area contributed by atoms with Gasteiger partial charge in [-0.25, -0.2) is 0 Å². The molecule has 0 amide bonds. The second kappa shape index (κ2) is 6.18. The van der Waals surface area contributed by atoms with Crippen molar-refractivity contribution in [3.05, 3.63) is 29.8 Å². The van der Waals surface area contributed by atoms with E-state index in [9.17, 15) is 5.11 Å². The predicted molar refractivity (Wildman–Crippen MR) is 77.6 cm³/mol. The molecule has 0 radical (unpaired) electrons. The van der Waals surface area contributed by atoms with Crippen molar-refractivity contribution in [3.63, 3.8) is 0 Å². The summed E-state index contributed by atoms with van der Waals surface area (Å²) in [6.45, 7) is 10.4. The molecule has 20 heavy (non-hydrogen) atoms. The average Bonchev–Trinajstić information content (AvgIpc) is 2.81. The van der Waals surface area contributed by atoms with Crippen LogP contribution in [0.3, 0.4) is 0 Å². The number of ether oxygens (including phenoxy) is 3. The van der Waals surface area contributed by atoms with Crippen molar-refractivity contribution in [2.45, 2.75) is 39.2 Å². The smallest absolute Gasteiger partial charge is 0.231 e. The van der Waals surface area contributed by atoms with Crippen LogP contribution in [0.5, 0.6) is 17.2 Å². The van der Waals surface area contributed by atoms with Crippen molar-refractivity contribution in [2.24, 2.45) is 0 Å². The van der Waals surface area contributed by atoms with Crippen molar-refractivity contribution in [2.75, 3.05) is 13.4 Å². The van der Waals surface area contributed by atoms with Crippen molar-refractivity contribution in [3.8, 4) is 17.2 Å². The molecule has 1 aliphatic heterocycles. The molecule has 1 aliphatic rings. The second-order valence-corrected chi connectivity index (χ2v) is 5.52. The molecule has 0 unspecified atom stereocenters. The first-order valence-electron chi connectivity index (χ1n) is 6.86. The molecule has 0 fully saturated rings. The lowest BCUT2D eigenvalue weighted by Crippen LogP contribution is -2.18. The van der Waals surface area contributed by atoms with Gasteiger partial charge in [-0.2, -0.15) is 0 Å². The Morgan fingerprint density at radius 3 is 2.60 bits per heavy atom. The van der Waals surface area contributed by atoms with E-state index in [0.717, 1.165) is 22.6 Å². The van der Waals surface area contributed by atoms with Crippen LogP contribution in [0.2, 0.25) is 0 Å². The summed E-state index contributed by atoms with van der Waals surface area (Å²) in [6, 6.07) is 3.79. The highest BCUT2D eigenvalue weighted by Crippen LogP contribution is 2.40. The molecule has 110 valence electrons. The maximum atomic E-state index is 9.86. The number of hydrogen-bond donors (Lipinski definition) is 1. The third kappa shape index (κ3) is 3.45. The fourth-order valence-corrected chi connectivity index (χ4v) is 2.16. The van der Waals surface area contributed by atoms with Gasteiger partial charge in [0.15, 0.2) is 11.5 Å². The molecule has 1 aromatic carbocycles. The monoisotopic (exact) mass is 278 g/mol. The molecule has 0 aliphatic carbocycles. The lowest BCUT2D eigenvalue weighted by atomic mass is 10.0. The summed E-state index contributed by atoms with van der Waals surface area (Å²) in [4.78, 5) is 0. The van der Waals surface area contributed by atoms with Gasteiger partial charge in [-0.1, -0.05) is 19.4 Å². The fourth-order valence-electron chi connectivity index (χ4n) is 2.16. The molecule has 0 spiro atoms. The van der Waals surface area contributed by atoms with E-state index in [4.69, 9.17) is 14.2 Å². The minimum atomic E-state index is -0.544. The molecule has 1 N–H and O–H groups in total. The van der Waals surface area contributed by atoms with Gasteiger partial charge in [0.25, 0.3) is 0 Å². The SMILES string of the molecule is C=C(C)C[C@@H](O)COc1cc2c(cc1C(C)C)OCO2. The van der Waals surface area contributed by atoms with Gasteiger partial charge in [0.1, 0.15) is 12.4 Å². The first-order valence-corrected chi connectivity index (χ1v) is 6.86. The van der Waals surface area contributed by atoms with Crippen molar-refractivity contribution in [1.29, 1.82) is 0 Å². The highest BCUT2D eigenvalue weighted by molar-refractivity contribution is 5.52. The second-order valence-electron chi connectivity index (χ2n) is 5.52. The van der Waals surface area contributed by atoms with Gasteiger partial charge in [0.2, 0.25) is 6.79 Å². The number of fused-ring (bicyclic) bond motifs is 1. The van der Waals surface area contributed by atoms with Crippen molar-refractivity contribution < 1.29 is 19.3 Å². The van der Waals surface area contributed by atoms with E-state index < -0.39 is 6.10 Å². The predicted octanol–water partition coefficient (Wildman–Crippen LogP) is 3.24. The summed E-state index contributed by atoms with van der Waals surface area (Å²) in [5, 5.41) is 9.86. The zero-order valence-electron chi connectivity index (χ0n) is 12.3. The third-order valence-corrected chi connectivity index (χ3v) is 3.14. The Hall–Kier alpha value is -1.68. The Balaban J connectivity index is 2.12. The quantitative estimate of drug-likeness (QED) is 0.811. The van der Waals surface area contributed by atoms with E-state index in [2.05, 4.69) is 20.4 Å². The Kier molecular flexibility index (Phi) is 4.55. The van der Waals surface area contributed by atoms with Crippen LogP contribution in [0, 0.1) is 0 Å². The molecular formula is C16H22O4. The largest absolute Gasteiger partial charge is 0.490 e. The van der Waals surface area contributed by atoms with Crippen molar-refractivity contribution in [1.82, 2.24) is 0 Å². The molecule has 0 saturated carbocycles. The van der Waals surface area contributed by atoms with Gasteiger partial charge in [-0.05, 0) is 25.3 Å².